The van der Waals surface area contributed by atoms with Crippen LogP contribution in [0.2, 0.25) is 0 Å². The lowest BCUT2D eigenvalue weighted by Gasteiger charge is -2.09. The Labute approximate surface area is 95.4 Å². The van der Waals surface area contributed by atoms with E-state index in [1.54, 1.807) is 0 Å². The lowest BCUT2D eigenvalue weighted by atomic mass is 10.2. The van der Waals surface area contributed by atoms with Gasteiger partial charge in [-0.15, -0.1) is 4.98 Å². The second kappa shape index (κ2) is 6.09. The van der Waals surface area contributed by atoms with Crippen molar-refractivity contribution in [1.29, 1.82) is 0 Å². The van der Waals surface area contributed by atoms with Crippen molar-refractivity contribution in [1.82, 2.24) is 15.0 Å². The highest BCUT2D eigenvalue weighted by atomic mass is 16.5. The van der Waals surface area contributed by atoms with E-state index in [0.29, 0.717) is 18.5 Å². The Bertz CT molecular complexity index is 331. The van der Waals surface area contributed by atoms with Crippen LogP contribution in [-0.4, -0.2) is 35.2 Å². The monoisotopic (exact) mass is 226 g/mol. The fourth-order valence-electron chi connectivity index (χ4n) is 0.972. The van der Waals surface area contributed by atoms with Crippen LogP contribution < -0.4 is 14.8 Å². The first-order chi connectivity index (χ1) is 7.65. The van der Waals surface area contributed by atoms with Crippen molar-refractivity contribution in [3.05, 3.63) is 0 Å². The molecule has 6 nitrogen and oxygen atoms in total. The Hall–Kier alpha value is -1.59. The van der Waals surface area contributed by atoms with Crippen LogP contribution in [0.3, 0.4) is 0 Å². The molecule has 6 heteroatoms. The highest BCUT2D eigenvalue weighted by Crippen LogP contribution is 2.12. The molecule has 1 aromatic rings. The Morgan fingerprint density at radius 1 is 1.19 bits per heavy atom. The van der Waals surface area contributed by atoms with Gasteiger partial charge in [0, 0.05) is 6.54 Å². The lowest BCUT2D eigenvalue weighted by Crippen LogP contribution is -2.10. The molecule has 1 aromatic heterocycles. The van der Waals surface area contributed by atoms with Crippen LogP contribution in [0.25, 0.3) is 0 Å². The molecule has 0 radical (unpaired) electrons. The third-order valence-corrected chi connectivity index (χ3v) is 1.66. The smallest absolute Gasteiger partial charge is 0.324 e. The van der Waals surface area contributed by atoms with Gasteiger partial charge >= 0.3 is 12.0 Å². The molecule has 1 rings (SSSR count). The van der Waals surface area contributed by atoms with Crippen LogP contribution in [0.1, 0.15) is 20.8 Å². The van der Waals surface area contributed by atoms with Crippen molar-refractivity contribution < 1.29 is 9.47 Å². The number of ether oxygens (including phenoxy) is 2. The lowest BCUT2D eigenvalue weighted by molar-refractivity contribution is 0.244. The molecular formula is C10H18N4O2. The summed E-state index contributed by atoms with van der Waals surface area (Å²) in [6.45, 7) is 7.38. The second-order valence-corrected chi connectivity index (χ2v) is 3.66. The quantitative estimate of drug-likeness (QED) is 0.789. The van der Waals surface area contributed by atoms with Crippen molar-refractivity contribution in [2.45, 2.75) is 20.8 Å². The van der Waals surface area contributed by atoms with E-state index in [-0.39, 0.29) is 12.0 Å². The van der Waals surface area contributed by atoms with Gasteiger partial charge in [-0.25, -0.2) is 0 Å². The first-order valence-electron chi connectivity index (χ1n) is 5.32. The Morgan fingerprint density at radius 3 is 2.44 bits per heavy atom. The molecular weight excluding hydrogens is 208 g/mol. The topological polar surface area (TPSA) is 69.2 Å². The molecule has 0 fully saturated rings. The zero-order valence-electron chi connectivity index (χ0n) is 10.1. The van der Waals surface area contributed by atoms with E-state index in [1.165, 1.54) is 7.11 Å². The molecule has 90 valence electrons. The van der Waals surface area contributed by atoms with E-state index in [4.69, 9.17) is 9.47 Å². The predicted molar refractivity (Wildman–Crippen MR) is 60.9 cm³/mol. The second-order valence-electron chi connectivity index (χ2n) is 3.66. The molecule has 16 heavy (non-hydrogen) atoms. The molecule has 0 bridgehead atoms. The summed E-state index contributed by atoms with van der Waals surface area (Å²) in [6.07, 6.45) is 0. The van der Waals surface area contributed by atoms with Gasteiger partial charge in [0.05, 0.1) is 13.7 Å². The molecule has 0 aromatic carbocycles. The molecule has 0 saturated carbocycles. The number of nitrogens with zero attached hydrogens (tertiary/aromatic N) is 3. The van der Waals surface area contributed by atoms with Crippen molar-refractivity contribution in [2.24, 2.45) is 5.92 Å². The molecule has 0 aliphatic carbocycles. The maximum Gasteiger partial charge on any atom is 0.324 e. The third-order valence-electron chi connectivity index (χ3n) is 1.66. The summed E-state index contributed by atoms with van der Waals surface area (Å²) in [5, 5.41) is 2.99. The number of anilines is 1. The largest absolute Gasteiger partial charge is 0.467 e. The van der Waals surface area contributed by atoms with E-state index in [0.717, 1.165) is 6.54 Å². The number of hydrogen-bond acceptors (Lipinski definition) is 6. The standard InChI is InChI=1S/C10H18N4O2/c1-5-11-8-12-9(15-4)14-10(13-8)16-6-7(2)3/h7H,5-6H2,1-4H3,(H,11,12,13,14). The highest BCUT2D eigenvalue weighted by Gasteiger charge is 2.07. The van der Waals surface area contributed by atoms with E-state index in [1.807, 2.05) is 6.92 Å². The summed E-state index contributed by atoms with van der Waals surface area (Å²) < 4.78 is 10.4. The van der Waals surface area contributed by atoms with Crippen LogP contribution in [-0.2, 0) is 0 Å². The minimum Gasteiger partial charge on any atom is -0.467 e. The number of aromatic nitrogens is 3. The summed E-state index contributed by atoms with van der Waals surface area (Å²) >= 11 is 0. The van der Waals surface area contributed by atoms with Crippen LogP contribution >= 0.6 is 0 Å². The third kappa shape index (κ3) is 3.88. The minimum absolute atomic E-state index is 0.254. The first-order valence-corrected chi connectivity index (χ1v) is 5.32. The number of rotatable bonds is 6. The molecule has 0 amide bonds. The average molecular weight is 226 g/mol. The zero-order valence-corrected chi connectivity index (χ0v) is 10.1. The van der Waals surface area contributed by atoms with Gasteiger partial charge in [-0.1, -0.05) is 13.8 Å². The van der Waals surface area contributed by atoms with Gasteiger partial charge in [0.1, 0.15) is 0 Å². The highest BCUT2D eigenvalue weighted by molar-refractivity contribution is 5.27. The van der Waals surface area contributed by atoms with Gasteiger partial charge in [0.2, 0.25) is 5.95 Å². The number of hydrogen-bond donors (Lipinski definition) is 1. The Kier molecular flexibility index (Phi) is 4.75. The molecule has 0 saturated heterocycles. The van der Waals surface area contributed by atoms with Crippen molar-refractivity contribution >= 4 is 5.95 Å². The normalized spacial score (nSPS) is 10.3. The fraction of sp³-hybridized carbons (Fsp3) is 0.700. The fourth-order valence-corrected chi connectivity index (χ4v) is 0.972. The van der Waals surface area contributed by atoms with Crippen molar-refractivity contribution in [2.75, 3.05) is 25.6 Å². The summed E-state index contributed by atoms with van der Waals surface area (Å²) in [6, 6.07) is 0.543. The van der Waals surface area contributed by atoms with Gasteiger partial charge in [0.15, 0.2) is 0 Å². The van der Waals surface area contributed by atoms with E-state index < -0.39 is 0 Å². The van der Waals surface area contributed by atoms with Crippen molar-refractivity contribution in [3.8, 4) is 12.0 Å². The maximum absolute atomic E-state index is 5.41. The van der Waals surface area contributed by atoms with Gasteiger partial charge in [-0.3, -0.25) is 0 Å². The molecule has 0 aliphatic rings. The van der Waals surface area contributed by atoms with Crippen LogP contribution in [0.4, 0.5) is 5.95 Å². The number of methoxy groups -OCH3 is 1. The van der Waals surface area contributed by atoms with E-state index in [2.05, 4.69) is 34.1 Å². The van der Waals surface area contributed by atoms with Gasteiger partial charge in [-0.2, -0.15) is 9.97 Å². The van der Waals surface area contributed by atoms with E-state index in [9.17, 15) is 0 Å². The minimum atomic E-state index is 0.254. The SMILES string of the molecule is CCNc1nc(OC)nc(OCC(C)C)n1. The number of nitrogens with one attached hydrogen (secondary N) is 1. The average Bonchev–Trinajstić information content (AvgIpc) is 2.26. The van der Waals surface area contributed by atoms with Crippen molar-refractivity contribution in [3.63, 3.8) is 0 Å². The van der Waals surface area contributed by atoms with Crippen LogP contribution in [0.5, 0.6) is 12.0 Å². The van der Waals surface area contributed by atoms with Crippen LogP contribution in [0, 0.1) is 5.92 Å². The maximum atomic E-state index is 5.41. The summed E-state index contributed by atoms with van der Waals surface area (Å²) in [7, 11) is 1.51. The van der Waals surface area contributed by atoms with Gasteiger partial charge in [-0.05, 0) is 12.8 Å². The van der Waals surface area contributed by atoms with Gasteiger partial charge < -0.3 is 14.8 Å². The van der Waals surface area contributed by atoms with E-state index >= 15 is 0 Å². The zero-order chi connectivity index (χ0) is 12.0. The molecule has 0 unspecified atom stereocenters. The molecule has 1 N–H and O–H groups in total. The predicted octanol–water partition coefficient (Wildman–Crippen LogP) is 1.35. The van der Waals surface area contributed by atoms with Gasteiger partial charge in [0.25, 0.3) is 0 Å². The molecule has 0 aliphatic heterocycles. The summed E-state index contributed by atoms with van der Waals surface area (Å²) in [5.74, 6) is 0.887. The van der Waals surface area contributed by atoms with Crippen LogP contribution in [0.15, 0.2) is 0 Å². The Balaban J connectivity index is 2.77. The molecule has 1 heterocycles. The first kappa shape index (κ1) is 12.5. The molecule has 0 atom stereocenters. The Morgan fingerprint density at radius 2 is 1.88 bits per heavy atom. The summed E-state index contributed by atoms with van der Waals surface area (Å²) in [5.41, 5.74) is 0. The summed E-state index contributed by atoms with van der Waals surface area (Å²) in [4.78, 5) is 12.1. The molecule has 0 spiro atoms.